The molecule has 0 heterocycles. The van der Waals surface area contributed by atoms with Crippen LogP contribution in [0.2, 0.25) is 0 Å². The van der Waals surface area contributed by atoms with Crippen molar-refractivity contribution < 1.29 is 14.3 Å². The molecule has 31 heavy (non-hydrogen) atoms. The van der Waals surface area contributed by atoms with Gasteiger partial charge in [0.05, 0.1) is 0 Å². The minimum Gasteiger partial charge on any atom is -0.484 e. The van der Waals surface area contributed by atoms with Crippen molar-refractivity contribution in [3.05, 3.63) is 63.1 Å². The summed E-state index contributed by atoms with van der Waals surface area (Å²) in [4.78, 5) is 27.7. The Morgan fingerprint density at radius 1 is 1.10 bits per heavy atom. The molecule has 2 aromatic carbocycles. The summed E-state index contributed by atoms with van der Waals surface area (Å²) in [6.07, 6.45) is 1.38. The van der Waals surface area contributed by atoms with Crippen LogP contribution in [0, 0.1) is 20.8 Å². The average Bonchev–Trinajstić information content (AvgIpc) is 2.74. The first-order valence-corrected chi connectivity index (χ1v) is 11.6. The zero-order chi connectivity index (χ0) is 23.0. The molecule has 0 aliphatic rings. The van der Waals surface area contributed by atoms with E-state index in [0.717, 1.165) is 33.1 Å². The third-order valence-electron chi connectivity index (χ3n) is 5.14. The Balaban J connectivity index is 2.23. The van der Waals surface area contributed by atoms with Gasteiger partial charge in [-0.1, -0.05) is 59.6 Å². The summed E-state index contributed by atoms with van der Waals surface area (Å²) in [6, 6.07) is 11.3. The van der Waals surface area contributed by atoms with Crippen molar-refractivity contribution in [1.82, 2.24) is 10.2 Å². The molecule has 2 rings (SSSR count). The van der Waals surface area contributed by atoms with Crippen LogP contribution in [-0.4, -0.2) is 35.9 Å². The van der Waals surface area contributed by atoms with Gasteiger partial charge in [-0.25, -0.2) is 0 Å². The Morgan fingerprint density at radius 3 is 2.35 bits per heavy atom. The lowest BCUT2D eigenvalue weighted by atomic mass is 10.1. The van der Waals surface area contributed by atoms with Gasteiger partial charge in [0.15, 0.2) is 6.61 Å². The van der Waals surface area contributed by atoms with Gasteiger partial charge in [0.2, 0.25) is 5.91 Å². The van der Waals surface area contributed by atoms with Crippen molar-refractivity contribution in [2.45, 2.75) is 60.0 Å². The number of hydrogen-bond acceptors (Lipinski definition) is 3. The van der Waals surface area contributed by atoms with E-state index in [0.29, 0.717) is 25.3 Å². The number of nitrogens with zero attached hydrogens (tertiary/aromatic N) is 1. The second-order valence-electron chi connectivity index (χ2n) is 7.89. The van der Waals surface area contributed by atoms with Gasteiger partial charge in [-0.05, 0) is 62.4 Å². The van der Waals surface area contributed by atoms with E-state index in [4.69, 9.17) is 4.74 Å². The van der Waals surface area contributed by atoms with Gasteiger partial charge in [0.25, 0.3) is 5.91 Å². The number of nitrogens with one attached hydrogen (secondary N) is 1. The summed E-state index contributed by atoms with van der Waals surface area (Å²) in [5.41, 5.74) is 4.20. The highest BCUT2D eigenvalue weighted by molar-refractivity contribution is 9.10. The van der Waals surface area contributed by atoms with Crippen LogP contribution in [0.25, 0.3) is 0 Å². The molecule has 0 saturated carbocycles. The Kier molecular flexibility index (Phi) is 9.56. The number of rotatable bonds is 10. The molecule has 0 spiro atoms. The Morgan fingerprint density at radius 2 is 1.77 bits per heavy atom. The molecule has 0 aliphatic heterocycles. The third kappa shape index (κ3) is 7.10. The van der Waals surface area contributed by atoms with E-state index in [-0.39, 0.29) is 18.4 Å². The molecule has 5 nitrogen and oxygen atoms in total. The molecular formula is C25H33BrN2O3. The Labute approximate surface area is 194 Å². The maximum atomic E-state index is 13.2. The van der Waals surface area contributed by atoms with Crippen LogP contribution in [0.3, 0.4) is 0 Å². The zero-order valence-electron chi connectivity index (χ0n) is 19.1. The molecule has 6 heteroatoms. The first-order valence-electron chi connectivity index (χ1n) is 10.8. The number of hydrogen-bond donors (Lipinski definition) is 1. The van der Waals surface area contributed by atoms with Gasteiger partial charge in [-0.2, -0.15) is 0 Å². The minimum atomic E-state index is -0.545. The molecule has 0 aliphatic carbocycles. The first kappa shape index (κ1) is 24.9. The number of amides is 2. The largest absolute Gasteiger partial charge is 0.484 e. The van der Waals surface area contributed by atoms with Crippen molar-refractivity contribution in [2.24, 2.45) is 0 Å². The fourth-order valence-electron chi connectivity index (χ4n) is 3.51. The van der Waals surface area contributed by atoms with E-state index in [1.807, 2.05) is 71.0 Å². The fourth-order valence-corrected chi connectivity index (χ4v) is 3.74. The first-order chi connectivity index (χ1) is 14.8. The van der Waals surface area contributed by atoms with Crippen molar-refractivity contribution in [3.63, 3.8) is 0 Å². The Hall–Kier alpha value is -2.34. The normalized spacial score (nSPS) is 11.7. The molecule has 0 radical (unpaired) electrons. The molecule has 1 atom stereocenters. The molecule has 0 bridgehead atoms. The van der Waals surface area contributed by atoms with Crippen molar-refractivity contribution in [2.75, 3.05) is 13.2 Å². The molecule has 168 valence electrons. The molecule has 0 unspecified atom stereocenters. The maximum Gasteiger partial charge on any atom is 0.261 e. The Bertz CT molecular complexity index is 890. The second kappa shape index (κ2) is 11.9. The van der Waals surface area contributed by atoms with Gasteiger partial charge in [0.1, 0.15) is 11.8 Å². The van der Waals surface area contributed by atoms with E-state index in [1.165, 1.54) is 0 Å². The maximum absolute atomic E-state index is 13.2. The number of carbonyl (C=O) groups is 2. The van der Waals surface area contributed by atoms with Crippen LogP contribution < -0.4 is 10.1 Å². The van der Waals surface area contributed by atoms with Crippen molar-refractivity contribution in [3.8, 4) is 5.75 Å². The molecule has 2 amide bonds. The molecule has 2 aromatic rings. The van der Waals surface area contributed by atoms with Crippen LogP contribution in [0.4, 0.5) is 0 Å². The van der Waals surface area contributed by atoms with Gasteiger partial charge in [-0.3, -0.25) is 9.59 Å². The average molecular weight is 489 g/mol. The predicted molar refractivity (Wildman–Crippen MR) is 128 cm³/mol. The lowest BCUT2D eigenvalue weighted by Gasteiger charge is -2.30. The highest BCUT2D eigenvalue weighted by atomic mass is 79.9. The number of carbonyl (C=O) groups excluding carboxylic acids is 2. The molecule has 0 fully saturated rings. The molecule has 0 aromatic heterocycles. The minimum absolute atomic E-state index is 0.121. The summed E-state index contributed by atoms with van der Waals surface area (Å²) < 4.78 is 6.87. The number of benzene rings is 2. The summed E-state index contributed by atoms with van der Waals surface area (Å²) in [6.45, 7) is 10.8. The van der Waals surface area contributed by atoms with Gasteiger partial charge < -0.3 is 15.0 Å². The summed E-state index contributed by atoms with van der Waals surface area (Å²) in [5, 5.41) is 2.93. The third-order valence-corrected chi connectivity index (χ3v) is 6.39. The van der Waals surface area contributed by atoms with Crippen LogP contribution >= 0.6 is 15.9 Å². The summed E-state index contributed by atoms with van der Waals surface area (Å²) >= 11 is 3.55. The smallest absolute Gasteiger partial charge is 0.261 e. The number of aryl methyl sites for hydroxylation is 3. The molecule has 1 N–H and O–H groups in total. The summed E-state index contributed by atoms with van der Waals surface area (Å²) in [5.74, 6) is 0.310. The second-order valence-corrected chi connectivity index (χ2v) is 8.68. The highest BCUT2D eigenvalue weighted by Gasteiger charge is 2.28. The van der Waals surface area contributed by atoms with Crippen LogP contribution in [0.15, 0.2) is 40.9 Å². The van der Waals surface area contributed by atoms with Crippen LogP contribution in [0.5, 0.6) is 5.75 Å². The fraction of sp³-hybridized carbons (Fsp3) is 0.440. The topological polar surface area (TPSA) is 58.6 Å². The van der Waals surface area contributed by atoms with E-state index in [9.17, 15) is 9.59 Å². The summed E-state index contributed by atoms with van der Waals surface area (Å²) in [7, 11) is 0. The highest BCUT2D eigenvalue weighted by Crippen LogP contribution is 2.26. The molecular weight excluding hydrogens is 456 g/mol. The van der Waals surface area contributed by atoms with Gasteiger partial charge in [-0.15, -0.1) is 0 Å². The predicted octanol–water partition coefficient (Wildman–Crippen LogP) is 5.09. The quantitative estimate of drug-likeness (QED) is 0.506. The monoisotopic (exact) mass is 488 g/mol. The molecule has 0 saturated heterocycles. The van der Waals surface area contributed by atoms with Crippen molar-refractivity contribution in [1.29, 1.82) is 0 Å². The SMILES string of the molecule is CCCNC(=O)[C@@H](CC)N(Cc1cccc(C)c1)C(=O)COc1cc(C)c(Br)c(C)c1. The van der Waals surface area contributed by atoms with Gasteiger partial charge in [0, 0.05) is 17.6 Å². The van der Waals surface area contributed by atoms with E-state index >= 15 is 0 Å². The lowest BCUT2D eigenvalue weighted by molar-refractivity contribution is -0.143. The number of halogens is 1. The zero-order valence-corrected chi connectivity index (χ0v) is 20.7. The van der Waals surface area contributed by atoms with E-state index in [1.54, 1.807) is 4.90 Å². The van der Waals surface area contributed by atoms with Crippen LogP contribution in [-0.2, 0) is 16.1 Å². The number of ether oxygens (including phenoxy) is 1. The van der Waals surface area contributed by atoms with E-state index < -0.39 is 6.04 Å². The lowest BCUT2D eigenvalue weighted by Crippen LogP contribution is -2.50. The van der Waals surface area contributed by atoms with Crippen molar-refractivity contribution >= 4 is 27.7 Å². The van der Waals surface area contributed by atoms with E-state index in [2.05, 4.69) is 21.2 Å². The van der Waals surface area contributed by atoms with Gasteiger partial charge >= 0.3 is 0 Å². The van der Waals surface area contributed by atoms with Crippen LogP contribution in [0.1, 0.15) is 48.9 Å². The standard InChI is InChI=1S/C25H33BrN2O3/c1-6-11-27-25(30)22(7-2)28(15-20-10-8-9-17(3)12-20)23(29)16-31-21-13-18(4)24(26)19(5)14-21/h8-10,12-14,22H,6-7,11,15-16H2,1-5H3,(H,27,30)/t22-/m1/s1.